The van der Waals surface area contributed by atoms with E-state index >= 15 is 0 Å². The zero-order chi connectivity index (χ0) is 33.6. The van der Waals surface area contributed by atoms with E-state index in [0.29, 0.717) is 22.8 Å². The summed E-state index contributed by atoms with van der Waals surface area (Å²) >= 11 is 1.62. The molecule has 2 aliphatic heterocycles. The van der Waals surface area contributed by atoms with E-state index in [1.807, 2.05) is 72.8 Å². The van der Waals surface area contributed by atoms with Crippen LogP contribution in [0.3, 0.4) is 0 Å². The maximum atomic E-state index is 13.0. The molecule has 0 bridgehead atoms. The minimum Gasteiger partial charge on any atom is -0.396 e. The number of thioether (sulfide) groups is 1. The first-order valence-electron chi connectivity index (χ1n) is 15.6. The molecule has 0 spiro atoms. The summed E-state index contributed by atoms with van der Waals surface area (Å²) in [4.78, 5) is 25.2. The fourth-order valence-electron chi connectivity index (χ4n) is 6.05. The maximum absolute atomic E-state index is 13.0. The van der Waals surface area contributed by atoms with Gasteiger partial charge in [-0.1, -0.05) is 67.6 Å². The van der Waals surface area contributed by atoms with Crippen molar-refractivity contribution < 1.29 is 42.4 Å². The second-order valence-electron chi connectivity index (χ2n) is 11.8. The van der Waals surface area contributed by atoms with Crippen molar-refractivity contribution in [3.05, 3.63) is 95.1 Å². The smallest absolute Gasteiger partial charge is 0.396 e. The van der Waals surface area contributed by atoms with E-state index in [-0.39, 0.29) is 50.8 Å². The van der Waals surface area contributed by atoms with Crippen molar-refractivity contribution in [1.29, 1.82) is 0 Å². The number of hydrogen-bond acceptors (Lipinski definition) is 7. The van der Waals surface area contributed by atoms with Gasteiger partial charge in [-0.2, -0.15) is 24.9 Å². The van der Waals surface area contributed by atoms with Crippen molar-refractivity contribution in [2.24, 2.45) is 5.92 Å². The van der Waals surface area contributed by atoms with Gasteiger partial charge in [0.2, 0.25) is 5.91 Å². The van der Waals surface area contributed by atoms with E-state index in [1.165, 1.54) is 0 Å². The number of aliphatic hydroxyl groups is 2. The Hall–Kier alpha value is -3.42. The average molecular weight is 673 g/mol. The lowest BCUT2D eigenvalue weighted by Crippen LogP contribution is -2.50. The molecule has 0 aromatic heterocycles. The van der Waals surface area contributed by atoms with Crippen LogP contribution in [0.1, 0.15) is 54.4 Å². The number of aliphatic hydroxyl groups excluding tert-OH is 2. The van der Waals surface area contributed by atoms with E-state index in [2.05, 4.69) is 12.2 Å². The highest BCUT2D eigenvalue weighted by Crippen LogP contribution is 2.43. The van der Waals surface area contributed by atoms with Crippen LogP contribution in [0.25, 0.3) is 11.1 Å². The van der Waals surface area contributed by atoms with Crippen molar-refractivity contribution >= 4 is 23.6 Å². The van der Waals surface area contributed by atoms with Crippen LogP contribution in [-0.4, -0.2) is 69.9 Å². The monoisotopic (exact) mass is 672 g/mol. The Kier molecular flexibility index (Phi) is 11.6. The summed E-state index contributed by atoms with van der Waals surface area (Å²) in [5.41, 5.74) is 5.11. The Morgan fingerprint density at radius 2 is 1.68 bits per heavy atom. The van der Waals surface area contributed by atoms with Crippen LogP contribution in [0.5, 0.6) is 0 Å². The Morgan fingerprint density at radius 3 is 2.38 bits per heavy atom. The van der Waals surface area contributed by atoms with Gasteiger partial charge in [0, 0.05) is 36.1 Å². The number of nitrogens with zero attached hydrogens (tertiary/aromatic N) is 1. The number of benzene rings is 3. The average Bonchev–Trinajstić information content (AvgIpc) is 3.57. The highest BCUT2D eigenvalue weighted by molar-refractivity contribution is 7.99. The van der Waals surface area contributed by atoms with E-state index in [4.69, 9.17) is 9.47 Å². The van der Waals surface area contributed by atoms with Gasteiger partial charge in [-0.15, -0.1) is 0 Å². The van der Waals surface area contributed by atoms with Gasteiger partial charge in [0.05, 0.1) is 25.4 Å². The summed E-state index contributed by atoms with van der Waals surface area (Å²) in [6.07, 6.45) is -5.59. The normalized spacial score (nSPS) is 23.1. The van der Waals surface area contributed by atoms with Gasteiger partial charge in [-0.3, -0.25) is 9.59 Å². The minimum atomic E-state index is -5.02. The number of halogens is 3. The Bertz CT molecular complexity index is 1520. The van der Waals surface area contributed by atoms with Crippen LogP contribution in [0, 0.1) is 5.92 Å². The third-order valence-electron chi connectivity index (χ3n) is 8.59. The summed E-state index contributed by atoms with van der Waals surface area (Å²) in [5, 5.41) is 21.5. The zero-order valence-electron chi connectivity index (χ0n) is 26.0. The largest absolute Gasteiger partial charge is 0.471 e. The first-order valence-corrected chi connectivity index (χ1v) is 16.8. The van der Waals surface area contributed by atoms with Crippen molar-refractivity contribution in [3.8, 4) is 11.1 Å². The SMILES string of the molecule is C[C@H]1[C@@H](CSCCO)O[C@@H](c2cccc(-c3cccc(CNC(=O)[C@@H]4CCCN4C(=O)C(F)(F)F)c3)c2)O[C@H]1c1ccc(CO)cc1. The fraction of sp³-hybridized carbons (Fsp3) is 0.429. The molecular formula is C35H39F3N2O6S. The molecule has 3 N–H and O–H groups in total. The van der Waals surface area contributed by atoms with Gasteiger partial charge in [-0.05, 0) is 52.8 Å². The molecule has 0 unspecified atom stereocenters. The standard InChI is InChI=1S/C35H39F3N2O6S/c1-22-30(21-47-16-15-41)45-33(46-31(22)25-12-10-23(20-42)11-13-25)28-8-3-7-27(18-28)26-6-2-5-24(17-26)19-39-32(43)29-9-4-14-40(29)34(44)35(36,37)38/h2-3,5-8,10-13,17-18,22,29-31,33,41-42H,4,9,14-16,19-21H2,1H3,(H,39,43)/t22-,29-,30+,31+,33+/m0/s1. The number of ether oxygens (including phenoxy) is 2. The molecule has 0 aliphatic carbocycles. The summed E-state index contributed by atoms with van der Waals surface area (Å²) in [5.74, 6) is -1.29. The predicted molar refractivity (Wildman–Crippen MR) is 172 cm³/mol. The molecular weight excluding hydrogens is 633 g/mol. The summed E-state index contributed by atoms with van der Waals surface area (Å²) in [7, 11) is 0. The van der Waals surface area contributed by atoms with Crippen molar-refractivity contribution in [2.45, 2.75) is 63.6 Å². The van der Waals surface area contributed by atoms with Crippen LogP contribution in [0.4, 0.5) is 13.2 Å². The number of carbonyl (C=O) groups is 2. The molecule has 2 heterocycles. The number of rotatable bonds is 11. The molecule has 2 amide bonds. The van der Waals surface area contributed by atoms with Crippen molar-refractivity contribution in [2.75, 3.05) is 24.7 Å². The molecule has 12 heteroatoms. The molecule has 3 aromatic rings. The van der Waals surface area contributed by atoms with E-state index < -0.39 is 30.3 Å². The van der Waals surface area contributed by atoms with Crippen LogP contribution in [-0.2, 0) is 32.2 Å². The Labute approximate surface area is 276 Å². The van der Waals surface area contributed by atoms with Gasteiger partial charge < -0.3 is 29.9 Å². The molecule has 5 rings (SSSR count). The van der Waals surface area contributed by atoms with Crippen LogP contribution in [0.2, 0.25) is 0 Å². The quantitative estimate of drug-likeness (QED) is 0.230. The minimum absolute atomic E-state index is 0.0235. The second-order valence-corrected chi connectivity index (χ2v) is 13.0. The summed E-state index contributed by atoms with van der Waals surface area (Å²) in [6, 6.07) is 21.8. The predicted octanol–water partition coefficient (Wildman–Crippen LogP) is 5.53. The first-order chi connectivity index (χ1) is 22.6. The molecule has 5 atom stereocenters. The number of nitrogens with one attached hydrogen (secondary N) is 1. The molecule has 2 saturated heterocycles. The lowest BCUT2D eigenvalue weighted by Gasteiger charge is -2.41. The highest BCUT2D eigenvalue weighted by atomic mass is 32.2. The Morgan fingerprint density at radius 1 is 0.957 bits per heavy atom. The molecule has 47 heavy (non-hydrogen) atoms. The van der Waals surface area contributed by atoms with Crippen LogP contribution < -0.4 is 5.32 Å². The number of amides is 2. The van der Waals surface area contributed by atoms with E-state index in [0.717, 1.165) is 33.4 Å². The Balaban J connectivity index is 1.31. The molecule has 252 valence electrons. The lowest BCUT2D eigenvalue weighted by atomic mass is 9.91. The van der Waals surface area contributed by atoms with Gasteiger partial charge in [0.25, 0.3) is 0 Å². The third-order valence-corrected chi connectivity index (χ3v) is 9.62. The number of hydrogen-bond donors (Lipinski definition) is 3. The van der Waals surface area contributed by atoms with Crippen molar-refractivity contribution in [1.82, 2.24) is 10.2 Å². The molecule has 0 radical (unpaired) electrons. The van der Waals surface area contributed by atoms with Gasteiger partial charge in [-0.25, -0.2) is 0 Å². The summed E-state index contributed by atoms with van der Waals surface area (Å²) in [6.45, 7) is 2.11. The molecule has 2 fully saturated rings. The first kappa shape index (κ1) is 34.9. The van der Waals surface area contributed by atoms with Gasteiger partial charge in [0.15, 0.2) is 6.29 Å². The topological polar surface area (TPSA) is 108 Å². The van der Waals surface area contributed by atoms with E-state index in [9.17, 15) is 33.0 Å². The zero-order valence-corrected chi connectivity index (χ0v) is 26.8. The van der Waals surface area contributed by atoms with Crippen molar-refractivity contribution in [3.63, 3.8) is 0 Å². The molecule has 3 aromatic carbocycles. The van der Waals surface area contributed by atoms with Gasteiger partial charge in [0.1, 0.15) is 6.04 Å². The lowest BCUT2D eigenvalue weighted by molar-refractivity contribution is -0.268. The molecule has 8 nitrogen and oxygen atoms in total. The van der Waals surface area contributed by atoms with E-state index in [1.54, 1.807) is 11.8 Å². The fourth-order valence-corrected chi connectivity index (χ4v) is 6.96. The highest BCUT2D eigenvalue weighted by Gasteiger charge is 2.47. The van der Waals surface area contributed by atoms with Crippen LogP contribution >= 0.6 is 11.8 Å². The molecule has 0 saturated carbocycles. The number of carbonyl (C=O) groups excluding carboxylic acids is 2. The molecule has 2 aliphatic rings. The summed E-state index contributed by atoms with van der Waals surface area (Å²) < 4.78 is 52.1. The van der Waals surface area contributed by atoms with Crippen LogP contribution in [0.15, 0.2) is 72.8 Å². The second kappa shape index (κ2) is 15.7. The third kappa shape index (κ3) is 8.55. The maximum Gasteiger partial charge on any atom is 0.471 e. The number of likely N-dealkylation sites (tertiary alicyclic amines) is 1. The number of alkyl halides is 3. The van der Waals surface area contributed by atoms with Gasteiger partial charge >= 0.3 is 12.1 Å².